The molecule has 2 amide bonds. The first kappa shape index (κ1) is 14.8. The molecule has 0 saturated carbocycles. The summed E-state index contributed by atoms with van der Waals surface area (Å²) >= 11 is 0. The Morgan fingerprint density at radius 3 is 2.68 bits per heavy atom. The van der Waals surface area contributed by atoms with Crippen LogP contribution in [0.2, 0.25) is 0 Å². The van der Waals surface area contributed by atoms with Crippen LogP contribution in [0.4, 0.5) is 0 Å². The van der Waals surface area contributed by atoms with E-state index in [1.807, 2.05) is 6.92 Å². The number of nitrogens with one attached hydrogen (secondary N) is 1. The number of methoxy groups -OCH3 is 1. The van der Waals surface area contributed by atoms with Crippen LogP contribution in [0.1, 0.15) is 17.3 Å². The predicted molar refractivity (Wildman–Crippen MR) is 70.3 cm³/mol. The lowest BCUT2D eigenvalue weighted by Crippen LogP contribution is -2.38. The van der Waals surface area contributed by atoms with E-state index in [1.54, 1.807) is 19.2 Å². The zero-order valence-corrected chi connectivity index (χ0v) is 11.3. The zero-order chi connectivity index (χ0) is 14.4. The monoisotopic (exact) mass is 266 g/mol. The molecular formula is C13H18N2O4. The number of carbonyl (C=O) groups excluding carboxylic acids is 2. The fourth-order valence-electron chi connectivity index (χ4n) is 1.43. The van der Waals surface area contributed by atoms with Crippen LogP contribution in [0.15, 0.2) is 18.2 Å². The fourth-order valence-corrected chi connectivity index (χ4v) is 1.43. The first-order valence-electron chi connectivity index (χ1n) is 5.89. The number of para-hydroxylation sites is 1. The average Bonchev–Trinajstić information content (AvgIpc) is 2.43. The molecule has 6 nitrogen and oxygen atoms in total. The molecule has 0 saturated heterocycles. The van der Waals surface area contributed by atoms with Crippen LogP contribution in [0.5, 0.6) is 11.5 Å². The summed E-state index contributed by atoms with van der Waals surface area (Å²) in [4.78, 5) is 24.9. The number of nitrogens with zero attached hydrogens (tertiary/aromatic N) is 1. The molecule has 2 N–H and O–H groups in total. The Balaban J connectivity index is 2.72. The molecule has 0 fully saturated rings. The first-order valence-corrected chi connectivity index (χ1v) is 5.89. The number of benzene rings is 1. The number of phenols is 1. The highest BCUT2D eigenvalue weighted by Gasteiger charge is 2.16. The smallest absolute Gasteiger partial charge is 0.255 e. The van der Waals surface area contributed by atoms with Crippen molar-refractivity contribution in [2.24, 2.45) is 0 Å². The second-order valence-corrected chi connectivity index (χ2v) is 3.95. The van der Waals surface area contributed by atoms with Crippen molar-refractivity contribution >= 4 is 11.8 Å². The lowest BCUT2D eigenvalue weighted by atomic mass is 10.1. The van der Waals surface area contributed by atoms with Crippen molar-refractivity contribution in [1.82, 2.24) is 10.2 Å². The first-order chi connectivity index (χ1) is 9.01. The van der Waals surface area contributed by atoms with Gasteiger partial charge in [-0.1, -0.05) is 6.07 Å². The van der Waals surface area contributed by atoms with Gasteiger partial charge in [0.1, 0.15) is 0 Å². The summed E-state index contributed by atoms with van der Waals surface area (Å²) in [6.45, 7) is 2.30. The Morgan fingerprint density at radius 2 is 2.11 bits per heavy atom. The summed E-state index contributed by atoms with van der Waals surface area (Å²) in [5, 5.41) is 12.3. The van der Waals surface area contributed by atoms with Crippen molar-refractivity contribution in [3.05, 3.63) is 23.8 Å². The molecule has 0 aliphatic carbocycles. The summed E-state index contributed by atoms with van der Waals surface area (Å²) in [5.74, 6) is -0.740. The van der Waals surface area contributed by atoms with Gasteiger partial charge < -0.3 is 20.1 Å². The van der Waals surface area contributed by atoms with Gasteiger partial charge in [-0.25, -0.2) is 0 Å². The Morgan fingerprint density at radius 1 is 1.42 bits per heavy atom. The lowest BCUT2D eigenvalue weighted by molar-refractivity contribution is -0.128. The van der Waals surface area contributed by atoms with Crippen LogP contribution in [-0.4, -0.2) is 49.1 Å². The molecule has 19 heavy (non-hydrogen) atoms. The summed E-state index contributed by atoms with van der Waals surface area (Å²) in [7, 11) is 3.05. The van der Waals surface area contributed by atoms with Crippen LogP contribution in [0.25, 0.3) is 0 Å². The zero-order valence-electron chi connectivity index (χ0n) is 11.3. The molecule has 0 aliphatic rings. The number of aromatic hydroxyl groups is 1. The van der Waals surface area contributed by atoms with Gasteiger partial charge in [0.2, 0.25) is 5.91 Å². The molecule has 0 radical (unpaired) electrons. The van der Waals surface area contributed by atoms with Gasteiger partial charge in [-0.3, -0.25) is 9.59 Å². The molecule has 104 valence electrons. The van der Waals surface area contributed by atoms with Crippen molar-refractivity contribution in [2.75, 3.05) is 27.2 Å². The molecule has 1 rings (SSSR count). The summed E-state index contributed by atoms with van der Waals surface area (Å²) in [6, 6.07) is 4.59. The largest absolute Gasteiger partial charge is 0.504 e. The van der Waals surface area contributed by atoms with Crippen molar-refractivity contribution < 1.29 is 19.4 Å². The number of amides is 2. The summed E-state index contributed by atoms with van der Waals surface area (Å²) in [6.07, 6.45) is 0. The Bertz CT molecular complexity index is 474. The van der Waals surface area contributed by atoms with E-state index >= 15 is 0 Å². The number of carbonyl (C=O) groups is 2. The van der Waals surface area contributed by atoms with Gasteiger partial charge in [-0.15, -0.1) is 0 Å². The quantitative estimate of drug-likeness (QED) is 0.818. The van der Waals surface area contributed by atoms with Crippen molar-refractivity contribution in [1.29, 1.82) is 0 Å². The maximum atomic E-state index is 11.9. The van der Waals surface area contributed by atoms with Gasteiger partial charge in [-0.05, 0) is 19.1 Å². The standard InChI is InChI=1S/C13H18N2O4/c1-4-15(2)11(16)8-14-13(18)9-6-5-7-10(19-3)12(9)17/h5-7,17H,4,8H2,1-3H3,(H,14,18). The molecule has 0 bridgehead atoms. The highest BCUT2D eigenvalue weighted by molar-refractivity contribution is 5.99. The molecular weight excluding hydrogens is 248 g/mol. The van der Waals surface area contributed by atoms with Gasteiger partial charge in [0, 0.05) is 13.6 Å². The van der Waals surface area contributed by atoms with E-state index in [0.29, 0.717) is 6.54 Å². The number of hydrogen-bond donors (Lipinski definition) is 2. The number of likely N-dealkylation sites (N-methyl/N-ethyl adjacent to an activating group) is 1. The fraction of sp³-hybridized carbons (Fsp3) is 0.385. The number of phenolic OH excluding ortho intramolecular Hbond substituents is 1. The lowest BCUT2D eigenvalue weighted by Gasteiger charge is -2.15. The molecule has 6 heteroatoms. The van der Waals surface area contributed by atoms with E-state index in [1.165, 1.54) is 18.1 Å². The van der Waals surface area contributed by atoms with E-state index in [9.17, 15) is 14.7 Å². The van der Waals surface area contributed by atoms with E-state index in [-0.39, 0.29) is 29.5 Å². The third kappa shape index (κ3) is 3.61. The van der Waals surface area contributed by atoms with Crippen molar-refractivity contribution in [3.63, 3.8) is 0 Å². The van der Waals surface area contributed by atoms with Gasteiger partial charge in [0.15, 0.2) is 11.5 Å². The molecule has 0 atom stereocenters. The third-order valence-corrected chi connectivity index (χ3v) is 2.76. The van der Waals surface area contributed by atoms with Gasteiger partial charge >= 0.3 is 0 Å². The van der Waals surface area contributed by atoms with Crippen molar-refractivity contribution in [2.45, 2.75) is 6.92 Å². The summed E-state index contributed by atoms with van der Waals surface area (Å²) in [5.41, 5.74) is 0.0753. The van der Waals surface area contributed by atoms with Gasteiger partial charge in [0.25, 0.3) is 5.91 Å². The molecule has 1 aromatic rings. The van der Waals surface area contributed by atoms with Gasteiger partial charge in [0.05, 0.1) is 19.2 Å². The van der Waals surface area contributed by atoms with Crippen LogP contribution < -0.4 is 10.1 Å². The molecule has 0 aliphatic heterocycles. The maximum Gasteiger partial charge on any atom is 0.255 e. The molecule has 0 heterocycles. The highest BCUT2D eigenvalue weighted by atomic mass is 16.5. The van der Waals surface area contributed by atoms with Crippen molar-refractivity contribution in [3.8, 4) is 11.5 Å². The second-order valence-electron chi connectivity index (χ2n) is 3.95. The highest BCUT2D eigenvalue weighted by Crippen LogP contribution is 2.28. The summed E-state index contributed by atoms with van der Waals surface area (Å²) < 4.78 is 4.91. The Kier molecular flexibility index (Phi) is 5.17. The normalized spacial score (nSPS) is 9.84. The number of ether oxygens (including phenoxy) is 1. The van der Waals surface area contributed by atoms with E-state index in [0.717, 1.165) is 0 Å². The second kappa shape index (κ2) is 6.63. The van der Waals surface area contributed by atoms with Crippen LogP contribution in [0, 0.1) is 0 Å². The third-order valence-electron chi connectivity index (χ3n) is 2.76. The maximum absolute atomic E-state index is 11.9. The minimum absolute atomic E-state index is 0.0753. The molecule has 0 spiro atoms. The Hall–Kier alpha value is -2.24. The predicted octanol–water partition coefficient (Wildman–Crippen LogP) is 0.609. The number of hydrogen-bond acceptors (Lipinski definition) is 4. The molecule has 1 aromatic carbocycles. The van der Waals surface area contributed by atoms with Crippen LogP contribution in [-0.2, 0) is 4.79 Å². The average molecular weight is 266 g/mol. The van der Waals surface area contributed by atoms with E-state index in [4.69, 9.17) is 4.74 Å². The molecule has 0 unspecified atom stereocenters. The minimum atomic E-state index is -0.519. The topological polar surface area (TPSA) is 78.9 Å². The van der Waals surface area contributed by atoms with E-state index < -0.39 is 5.91 Å². The SMILES string of the molecule is CCN(C)C(=O)CNC(=O)c1cccc(OC)c1O. The van der Waals surface area contributed by atoms with E-state index in [2.05, 4.69) is 5.32 Å². The van der Waals surface area contributed by atoms with Crippen LogP contribution in [0.3, 0.4) is 0 Å². The molecule has 0 aromatic heterocycles. The van der Waals surface area contributed by atoms with Crippen LogP contribution >= 0.6 is 0 Å². The number of rotatable bonds is 5. The minimum Gasteiger partial charge on any atom is -0.504 e. The van der Waals surface area contributed by atoms with Gasteiger partial charge in [-0.2, -0.15) is 0 Å². The Labute approximate surface area is 112 Å².